The van der Waals surface area contributed by atoms with E-state index in [1.165, 1.54) is 0 Å². The van der Waals surface area contributed by atoms with E-state index < -0.39 is 6.17 Å². The van der Waals surface area contributed by atoms with Crippen LogP contribution >= 0.6 is 11.6 Å². The highest BCUT2D eigenvalue weighted by molar-refractivity contribution is 6.31. The Morgan fingerprint density at radius 1 is 1.50 bits per heavy atom. The van der Waals surface area contributed by atoms with Crippen molar-refractivity contribution < 1.29 is 4.39 Å². The van der Waals surface area contributed by atoms with Gasteiger partial charge in [-0.25, -0.2) is 4.39 Å². The SMILES string of the molecule is Cc1ccc(CC(F)CCN)c(Cl)c1. The molecule has 0 aliphatic heterocycles. The van der Waals surface area contributed by atoms with Crippen molar-refractivity contribution in [3.05, 3.63) is 34.3 Å². The molecule has 1 aromatic carbocycles. The predicted octanol–water partition coefficient (Wildman–Crippen LogP) is 2.88. The van der Waals surface area contributed by atoms with Crippen molar-refractivity contribution in [3.63, 3.8) is 0 Å². The Labute approximate surface area is 89.1 Å². The van der Waals surface area contributed by atoms with Crippen LogP contribution in [-0.4, -0.2) is 12.7 Å². The monoisotopic (exact) mass is 215 g/mol. The lowest BCUT2D eigenvalue weighted by Gasteiger charge is -2.08. The van der Waals surface area contributed by atoms with Crippen molar-refractivity contribution in [1.82, 2.24) is 0 Å². The first-order valence-corrected chi connectivity index (χ1v) is 5.10. The molecule has 0 saturated carbocycles. The maximum Gasteiger partial charge on any atom is 0.105 e. The number of rotatable bonds is 4. The molecule has 0 heterocycles. The van der Waals surface area contributed by atoms with Gasteiger partial charge in [0.25, 0.3) is 0 Å². The molecule has 1 atom stereocenters. The van der Waals surface area contributed by atoms with Crippen LogP contribution in [0.1, 0.15) is 17.5 Å². The van der Waals surface area contributed by atoms with Crippen LogP contribution in [0.5, 0.6) is 0 Å². The van der Waals surface area contributed by atoms with Crippen LogP contribution in [0.4, 0.5) is 4.39 Å². The van der Waals surface area contributed by atoms with Crippen molar-refractivity contribution >= 4 is 11.6 Å². The van der Waals surface area contributed by atoms with Gasteiger partial charge in [-0.05, 0) is 37.1 Å². The fourth-order valence-corrected chi connectivity index (χ4v) is 1.65. The maximum atomic E-state index is 13.2. The normalized spacial score (nSPS) is 12.9. The zero-order valence-corrected chi connectivity index (χ0v) is 9.02. The summed E-state index contributed by atoms with van der Waals surface area (Å²) in [6.45, 7) is 2.34. The molecule has 0 radical (unpaired) electrons. The van der Waals surface area contributed by atoms with Crippen LogP contribution in [-0.2, 0) is 6.42 Å². The third kappa shape index (κ3) is 3.28. The molecule has 0 amide bonds. The molecule has 2 N–H and O–H groups in total. The van der Waals surface area contributed by atoms with Gasteiger partial charge in [-0.2, -0.15) is 0 Å². The fourth-order valence-electron chi connectivity index (χ4n) is 1.34. The summed E-state index contributed by atoms with van der Waals surface area (Å²) in [7, 11) is 0. The molecule has 1 aromatic rings. The molecule has 0 aliphatic rings. The first-order chi connectivity index (χ1) is 6.63. The van der Waals surface area contributed by atoms with Crippen LogP contribution in [0.2, 0.25) is 5.02 Å². The van der Waals surface area contributed by atoms with Crippen molar-refractivity contribution in [1.29, 1.82) is 0 Å². The van der Waals surface area contributed by atoms with E-state index in [9.17, 15) is 4.39 Å². The van der Waals surface area contributed by atoms with Gasteiger partial charge in [0, 0.05) is 11.4 Å². The standard InChI is InChI=1S/C11H15ClFN/c1-8-2-3-9(11(12)6-8)7-10(13)4-5-14/h2-3,6,10H,4-5,7,14H2,1H3. The summed E-state index contributed by atoms with van der Waals surface area (Å²) < 4.78 is 13.2. The van der Waals surface area contributed by atoms with Crippen LogP contribution in [0, 0.1) is 6.92 Å². The van der Waals surface area contributed by atoms with Crippen LogP contribution < -0.4 is 5.73 Å². The minimum absolute atomic E-state index is 0.357. The molecule has 3 heteroatoms. The molecular weight excluding hydrogens is 201 g/mol. The van der Waals surface area contributed by atoms with Crippen molar-refractivity contribution in [3.8, 4) is 0 Å². The summed E-state index contributed by atoms with van der Waals surface area (Å²) in [5.41, 5.74) is 7.22. The quantitative estimate of drug-likeness (QED) is 0.821. The molecule has 0 bridgehead atoms. The lowest BCUT2D eigenvalue weighted by atomic mass is 10.1. The molecule has 1 rings (SSSR count). The zero-order valence-electron chi connectivity index (χ0n) is 8.26. The van der Waals surface area contributed by atoms with E-state index in [1.54, 1.807) is 0 Å². The molecule has 0 aliphatic carbocycles. The summed E-state index contributed by atoms with van der Waals surface area (Å²) in [4.78, 5) is 0. The van der Waals surface area contributed by atoms with Crippen molar-refractivity contribution in [2.24, 2.45) is 5.73 Å². The average Bonchev–Trinajstić information content (AvgIpc) is 2.10. The number of aryl methyl sites for hydroxylation is 1. The Hall–Kier alpha value is -0.600. The van der Waals surface area contributed by atoms with E-state index in [0.29, 0.717) is 24.4 Å². The third-order valence-corrected chi connectivity index (χ3v) is 2.48. The lowest BCUT2D eigenvalue weighted by molar-refractivity contribution is 0.316. The molecule has 1 nitrogen and oxygen atoms in total. The Kier molecular flexibility index (Phi) is 4.36. The third-order valence-electron chi connectivity index (χ3n) is 2.13. The molecule has 1 unspecified atom stereocenters. The summed E-state index contributed by atoms with van der Waals surface area (Å²) in [5, 5.41) is 0.643. The highest BCUT2D eigenvalue weighted by Crippen LogP contribution is 2.20. The molecule has 14 heavy (non-hydrogen) atoms. The van der Waals surface area contributed by atoms with E-state index in [-0.39, 0.29) is 0 Å². The van der Waals surface area contributed by atoms with Gasteiger partial charge in [0.05, 0.1) is 0 Å². The first-order valence-electron chi connectivity index (χ1n) is 4.72. The minimum Gasteiger partial charge on any atom is -0.330 e. The van der Waals surface area contributed by atoms with Gasteiger partial charge in [-0.3, -0.25) is 0 Å². The number of hydrogen-bond acceptors (Lipinski definition) is 1. The average molecular weight is 216 g/mol. The molecule has 0 saturated heterocycles. The number of halogens is 2. The predicted molar refractivity (Wildman–Crippen MR) is 58.5 cm³/mol. The molecule has 78 valence electrons. The number of nitrogens with two attached hydrogens (primary N) is 1. The summed E-state index contributed by atoms with van der Waals surface area (Å²) in [5.74, 6) is 0. The number of benzene rings is 1. The minimum atomic E-state index is -0.889. The van der Waals surface area contributed by atoms with E-state index in [2.05, 4.69) is 0 Å². The van der Waals surface area contributed by atoms with Crippen LogP contribution in [0.25, 0.3) is 0 Å². The van der Waals surface area contributed by atoms with Gasteiger partial charge in [0.1, 0.15) is 6.17 Å². The zero-order chi connectivity index (χ0) is 10.6. The highest BCUT2D eigenvalue weighted by Gasteiger charge is 2.09. The summed E-state index contributed by atoms with van der Waals surface area (Å²) >= 11 is 5.98. The largest absolute Gasteiger partial charge is 0.330 e. The number of hydrogen-bond donors (Lipinski definition) is 1. The maximum absolute atomic E-state index is 13.2. The second kappa shape index (κ2) is 5.32. The van der Waals surface area contributed by atoms with Crippen LogP contribution in [0.15, 0.2) is 18.2 Å². The molecular formula is C11H15ClFN. The summed E-state index contributed by atoms with van der Waals surface area (Å²) in [6.07, 6.45) is -0.138. The van der Waals surface area contributed by atoms with E-state index in [1.807, 2.05) is 25.1 Å². The smallest absolute Gasteiger partial charge is 0.105 e. The Bertz CT molecular complexity index is 301. The Balaban J connectivity index is 2.67. The van der Waals surface area contributed by atoms with E-state index in [0.717, 1.165) is 11.1 Å². The second-order valence-corrected chi connectivity index (χ2v) is 3.88. The van der Waals surface area contributed by atoms with E-state index >= 15 is 0 Å². The van der Waals surface area contributed by atoms with Gasteiger partial charge in [0.15, 0.2) is 0 Å². The number of alkyl halides is 1. The molecule has 0 fully saturated rings. The topological polar surface area (TPSA) is 26.0 Å². The Morgan fingerprint density at radius 3 is 2.79 bits per heavy atom. The van der Waals surface area contributed by atoms with Gasteiger partial charge < -0.3 is 5.73 Å². The lowest BCUT2D eigenvalue weighted by Crippen LogP contribution is -2.11. The van der Waals surface area contributed by atoms with Gasteiger partial charge in [-0.1, -0.05) is 23.7 Å². The molecule has 0 spiro atoms. The Morgan fingerprint density at radius 2 is 2.21 bits per heavy atom. The van der Waals surface area contributed by atoms with Gasteiger partial charge in [-0.15, -0.1) is 0 Å². The van der Waals surface area contributed by atoms with Gasteiger partial charge >= 0.3 is 0 Å². The molecule has 0 aromatic heterocycles. The second-order valence-electron chi connectivity index (χ2n) is 3.47. The van der Waals surface area contributed by atoms with Crippen molar-refractivity contribution in [2.45, 2.75) is 25.9 Å². The van der Waals surface area contributed by atoms with E-state index in [4.69, 9.17) is 17.3 Å². The summed E-state index contributed by atoms with van der Waals surface area (Å²) in [6, 6.07) is 5.67. The van der Waals surface area contributed by atoms with Crippen molar-refractivity contribution in [2.75, 3.05) is 6.54 Å². The van der Waals surface area contributed by atoms with Crippen LogP contribution in [0.3, 0.4) is 0 Å². The highest BCUT2D eigenvalue weighted by atomic mass is 35.5. The van der Waals surface area contributed by atoms with Gasteiger partial charge in [0.2, 0.25) is 0 Å². The first kappa shape index (κ1) is 11.5. The fraction of sp³-hybridized carbons (Fsp3) is 0.455.